The van der Waals surface area contributed by atoms with Crippen LogP contribution in [0.3, 0.4) is 0 Å². The molecule has 96 valence electrons. The highest BCUT2D eigenvalue weighted by atomic mass is 35.5. The zero-order valence-electron chi connectivity index (χ0n) is 10.1. The number of aromatic hydroxyl groups is 1. The van der Waals surface area contributed by atoms with Gasteiger partial charge in [-0.25, -0.2) is 0 Å². The lowest BCUT2D eigenvalue weighted by Crippen LogP contribution is -2.17. The molecule has 2 rings (SSSR count). The normalized spacial score (nSPS) is 12.6. The maximum atomic E-state index is 9.44. The van der Waals surface area contributed by atoms with Crippen LogP contribution in [0.2, 0.25) is 5.02 Å². The van der Waals surface area contributed by atoms with E-state index < -0.39 is 0 Å². The highest BCUT2D eigenvalue weighted by Gasteiger charge is 2.16. The summed E-state index contributed by atoms with van der Waals surface area (Å²) in [6.07, 6.45) is 0. The second-order valence-corrected chi connectivity index (χ2v) is 4.30. The van der Waals surface area contributed by atoms with Crippen LogP contribution < -0.4 is 5.32 Å². The topological polar surface area (TPSA) is 71.2 Å². The van der Waals surface area contributed by atoms with Crippen LogP contribution in [-0.2, 0) is 0 Å². The van der Waals surface area contributed by atoms with Crippen molar-refractivity contribution in [2.45, 2.75) is 19.9 Å². The fourth-order valence-corrected chi connectivity index (χ4v) is 1.79. The Morgan fingerprint density at radius 2 is 2.22 bits per heavy atom. The highest BCUT2D eigenvalue weighted by Crippen LogP contribution is 2.30. The van der Waals surface area contributed by atoms with Crippen molar-refractivity contribution in [3.8, 4) is 17.2 Å². The minimum atomic E-state index is -0.0210. The SMILES string of the molecule is CCNC(C)c1nnc(-c2cc(O)ccc2Cl)o1. The molecule has 0 radical (unpaired) electrons. The first-order valence-electron chi connectivity index (χ1n) is 5.67. The van der Waals surface area contributed by atoms with Crippen molar-refractivity contribution in [3.05, 3.63) is 29.1 Å². The van der Waals surface area contributed by atoms with E-state index >= 15 is 0 Å². The number of benzene rings is 1. The Kier molecular flexibility index (Phi) is 3.84. The van der Waals surface area contributed by atoms with Gasteiger partial charge < -0.3 is 14.8 Å². The minimum absolute atomic E-state index is 0.0210. The van der Waals surface area contributed by atoms with Crippen molar-refractivity contribution >= 4 is 11.6 Å². The maximum absolute atomic E-state index is 9.44. The van der Waals surface area contributed by atoms with Crippen LogP contribution in [0.4, 0.5) is 0 Å². The van der Waals surface area contributed by atoms with E-state index in [0.29, 0.717) is 22.4 Å². The van der Waals surface area contributed by atoms with Crippen molar-refractivity contribution in [1.82, 2.24) is 15.5 Å². The molecule has 1 heterocycles. The van der Waals surface area contributed by atoms with E-state index in [0.717, 1.165) is 6.54 Å². The zero-order chi connectivity index (χ0) is 13.1. The molecular formula is C12H14ClN3O2. The Labute approximate surface area is 110 Å². The van der Waals surface area contributed by atoms with E-state index in [-0.39, 0.29) is 11.8 Å². The zero-order valence-corrected chi connectivity index (χ0v) is 10.9. The van der Waals surface area contributed by atoms with E-state index in [1.54, 1.807) is 6.07 Å². The van der Waals surface area contributed by atoms with Gasteiger partial charge in [-0.2, -0.15) is 0 Å². The number of hydrogen-bond donors (Lipinski definition) is 2. The second-order valence-electron chi connectivity index (χ2n) is 3.89. The van der Waals surface area contributed by atoms with Crippen LogP contribution in [0.15, 0.2) is 22.6 Å². The lowest BCUT2D eigenvalue weighted by atomic mass is 10.2. The average molecular weight is 268 g/mol. The summed E-state index contributed by atoms with van der Waals surface area (Å²) in [7, 11) is 0. The largest absolute Gasteiger partial charge is 0.508 e. The lowest BCUT2D eigenvalue weighted by molar-refractivity contribution is 0.428. The molecule has 0 aliphatic carbocycles. The predicted octanol–water partition coefficient (Wildman–Crippen LogP) is 2.77. The molecule has 0 amide bonds. The molecule has 1 unspecified atom stereocenters. The van der Waals surface area contributed by atoms with Crippen molar-refractivity contribution < 1.29 is 9.52 Å². The van der Waals surface area contributed by atoms with E-state index in [1.807, 2.05) is 13.8 Å². The standard InChI is InChI=1S/C12H14ClN3O2/c1-3-14-7(2)11-15-16-12(18-11)9-6-8(17)4-5-10(9)13/h4-7,14,17H,3H2,1-2H3. The first-order chi connectivity index (χ1) is 8.61. The van der Waals surface area contributed by atoms with Crippen molar-refractivity contribution in [2.24, 2.45) is 0 Å². The van der Waals surface area contributed by atoms with E-state index in [1.165, 1.54) is 12.1 Å². The number of aromatic nitrogens is 2. The summed E-state index contributed by atoms with van der Waals surface area (Å²) in [6.45, 7) is 4.75. The molecule has 0 aliphatic heterocycles. The summed E-state index contributed by atoms with van der Waals surface area (Å²) in [5.41, 5.74) is 0.527. The Morgan fingerprint density at radius 3 is 2.94 bits per heavy atom. The number of halogens is 1. The number of hydrogen-bond acceptors (Lipinski definition) is 5. The van der Waals surface area contributed by atoms with Gasteiger partial charge in [0.2, 0.25) is 11.8 Å². The minimum Gasteiger partial charge on any atom is -0.508 e. The molecule has 0 spiro atoms. The lowest BCUT2D eigenvalue weighted by Gasteiger charge is -2.06. The molecule has 1 aromatic carbocycles. The molecule has 18 heavy (non-hydrogen) atoms. The van der Waals surface area contributed by atoms with Crippen molar-refractivity contribution in [3.63, 3.8) is 0 Å². The molecule has 6 heteroatoms. The smallest absolute Gasteiger partial charge is 0.249 e. The van der Waals surface area contributed by atoms with Crippen molar-refractivity contribution in [1.29, 1.82) is 0 Å². The summed E-state index contributed by atoms with van der Waals surface area (Å²) in [5, 5.41) is 21.0. The van der Waals surface area contributed by atoms with Gasteiger partial charge in [-0.05, 0) is 31.7 Å². The van der Waals surface area contributed by atoms with Gasteiger partial charge in [0.25, 0.3) is 0 Å². The fourth-order valence-electron chi connectivity index (χ4n) is 1.59. The van der Waals surface area contributed by atoms with Gasteiger partial charge in [-0.1, -0.05) is 18.5 Å². The summed E-state index contributed by atoms with van der Waals surface area (Å²) < 4.78 is 5.54. The second kappa shape index (κ2) is 5.37. The van der Waals surface area contributed by atoms with E-state index in [4.69, 9.17) is 16.0 Å². The molecule has 1 aromatic heterocycles. The monoisotopic (exact) mass is 267 g/mol. The maximum Gasteiger partial charge on any atom is 0.249 e. The third-order valence-corrected chi connectivity index (χ3v) is 2.83. The predicted molar refractivity (Wildman–Crippen MR) is 68.5 cm³/mol. The third-order valence-electron chi connectivity index (χ3n) is 2.50. The number of phenolic OH excluding ortho intramolecular Hbond substituents is 1. The van der Waals surface area contributed by atoms with Crippen LogP contribution >= 0.6 is 11.6 Å². The first kappa shape index (κ1) is 12.9. The van der Waals surface area contributed by atoms with E-state index in [2.05, 4.69) is 15.5 Å². The van der Waals surface area contributed by atoms with Gasteiger partial charge >= 0.3 is 0 Å². The van der Waals surface area contributed by atoms with Gasteiger partial charge in [-0.15, -0.1) is 10.2 Å². The van der Waals surface area contributed by atoms with Crippen molar-refractivity contribution in [2.75, 3.05) is 6.54 Å². The molecular weight excluding hydrogens is 254 g/mol. The van der Waals surface area contributed by atoms with Gasteiger partial charge in [0.05, 0.1) is 16.6 Å². The van der Waals surface area contributed by atoms with Gasteiger partial charge in [-0.3, -0.25) is 0 Å². The molecule has 5 nitrogen and oxygen atoms in total. The van der Waals surface area contributed by atoms with E-state index in [9.17, 15) is 5.11 Å². The van der Waals surface area contributed by atoms with Crippen LogP contribution in [0, 0.1) is 0 Å². The Balaban J connectivity index is 2.32. The molecule has 2 N–H and O–H groups in total. The molecule has 0 aliphatic rings. The first-order valence-corrected chi connectivity index (χ1v) is 6.05. The summed E-state index contributed by atoms with van der Waals surface area (Å²) in [5.74, 6) is 0.899. The average Bonchev–Trinajstić information content (AvgIpc) is 2.82. The molecule has 0 saturated carbocycles. The number of phenols is 1. The Hall–Kier alpha value is -1.59. The van der Waals surface area contributed by atoms with Crippen LogP contribution in [-0.4, -0.2) is 21.8 Å². The van der Waals surface area contributed by atoms with Gasteiger partial charge in [0, 0.05) is 0 Å². The Bertz CT molecular complexity index is 542. The number of nitrogens with one attached hydrogen (secondary N) is 1. The molecule has 0 bridgehead atoms. The number of nitrogens with zero attached hydrogens (tertiary/aromatic N) is 2. The number of rotatable bonds is 4. The van der Waals surface area contributed by atoms with Gasteiger partial charge in [0.1, 0.15) is 5.75 Å². The quantitative estimate of drug-likeness (QED) is 0.891. The molecule has 2 aromatic rings. The fraction of sp³-hybridized carbons (Fsp3) is 0.333. The van der Waals surface area contributed by atoms with Crippen LogP contribution in [0.5, 0.6) is 5.75 Å². The van der Waals surface area contributed by atoms with Crippen LogP contribution in [0.1, 0.15) is 25.8 Å². The third kappa shape index (κ3) is 2.63. The Morgan fingerprint density at radius 1 is 1.44 bits per heavy atom. The van der Waals surface area contributed by atoms with Gasteiger partial charge in [0.15, 0.2) is 0 Å². The summed E-state index contributed by atoms with van der Waals surface area (Å²) in [4.78, 5) is 0. The molecule has 1 atom stereocenters. The summed E-state index contributed by atoms with van der Waals surface area (Å²) in [6, 6.07) is 4.57. The molecule has 0 saturated heterocycles. The highest BCUT2D eigenvalue weighted by molar-refractivity contribution is 6.33. The molecule has 0 fully saturated rings. The van der Waals surface area contributed by atoms with Crippen LogP contribution in [0.25, 0.3) is 11.5 Å². The summed E-state index contributed by atoms with van der Waals surface area (Å²) >= 11 is 6.03.